The van der Waals surface area contributed by atoms with E-state index in [0.29, 0.717) is 39.0 Å². The number of rotatable bonds is 19. The highest BCUT2D eigenvalue weighted by atomic mass is 28.3. The van der Waals surface area contributed by atoms with Gasteiger partial charge in [0.15, 0.2) is 0 Å². The minimum absolute atomic E-state index is 0.148. The zero-order valence-corrected chi connectivity index (χ0v) is 27.7. The Bertz CT molecular complexity index is 1190. The molecule has 0 aliphatic carbocycles. The lowest BCUT2D eigenvalue weighted by Gasteiger charge is -2.18. The number of alkyl carbamates (subject to hydrolysis) is 2. The number of aliphatic hydroxyl groups is 2. The average Bonchev–Trinajstić information content (AvgIpc) is 3.43. The number of nitrogens with one attached hydrogen (secondary N) is 2. The highest BCUT2D eigenvalue weighted by Crippen LogP contribution is 2.18. The Morgan fingerprint density at radius 1 is 0.756 bits per heavy atom. The first-order valence-corrected chi connectivity index (χ1v) is 19.3. The SMILES string of the molecule is C[Si](C)(C)CCOCn1cc(CC[C@H](CO)NC(=O)OCc2ccccc2)c(CC[C@H](CO)NC(=O)OCc2ccccc2)c1. The van der Waals surface area contributed by atoms with E-state index in [9.17, 15) is 19.8 Å². The van der Waals surface area contributed by atoms with Crippen LogP contribution in [0.5, 0.6) is 0 Å². The largest absolute Gasteiger partial charge is 0.445 e. The van der Waals surface area contributed by atoms with Crippen LogP contribution in [0, 0.1) is 0 Å². The van der Waals surface area contributed by atoms with Gasteiger partial charge in [0.25, 0.3) is 0 Å². The minimum atomic E-state index is -1.21. The lowest BCUT2D eigenvalue weighted by molar-refractivity contribution is 0.0873. The maximum atomic E-state index is 12.4. The topological polar surface area (TPSA) is 131 Å². The summed E-state index contributed by atoms with van der Waals surface area (Å²) in [7, 11) is -1.21. The van der Waals surface area contributed by atoms with Gasteiger partial charge in [-0.1, -0.05) is 80.3 Å². The Hall–Kier alpha value is -3.64. The van der Waals surface area contributed by atoms with Crippen molar-refractivity contribution < 1.29 is 34.0 Å². The van der Waals surface area contributed by atoms with Crippen LogP contribution in [0.2, 0.25) is 25.7 Å². The fourth-order valence-electron chi connectivity index (χ4n) is 4.62. The summed E-state index contributed by atoms with van der Waals surface area (Å²) in [5.74, 6) is 0. The number of ether oxygens (including phenoxy) is 3. The third kappa shape index (κ3) is 14.3. The molecule has 0 aliphatic rings. The second-order valence-electron chi connectivity index (χ2n) is 12.4. The number of carbonyl (C=O) groups is 2. The third-order valence-corrected chi connectivity index (χ3v) is 9.03. The number of hydrogen-bond donors (Lipinski definition) is 4. The molecule has 1 heterocycles. The average molecular weight is 640 g/mol. The van der Waals surface area contributed by atoms with Gasteiger partial charge in [0.05, 0.1) is 25.3 Å². The molecule has 0 bridgehead atoms. The molecule has 246 valence electrons. The first kappa shape index (κ1) is 35.8. The Morgan fingerprint density at radius 3 is 1.60 bits per heavy atom. The lowest BCUT2D eigenvalue weighted by atomic mass is 10.00. The number of aliphatic hydroxyl groups excluding tert-OH is 2. The van der Waals surface area contributed by atoms with Crippen molar-refractivity contribution in [3.05, 3.63) is 95.3 Å². The molecule has 2 amide bonds. The first-order valence-electron chi connectivity index (χ1n) is 15.6. The van der Waals surface area contributed by atoms with Crippen LogP contribution in [0.1, 0.15) is 35.1 Å². The van der Waals surface area contributed by atoms with Gasteiger partial charge in [-0.2, -0.15) is 0 Å². The first-order chi connectivity index (χ1) is 21.6. The summed E-state index contributed by atoms with van der Waals surface area (Å²) in [5, 5.41) is 25.4. The summed E-state index contributed by atoms with van der Waals surface area (Å²) in [6.07, 6.45) is 5.08. The molecule has 0 spiro atoms. The number of hydrogen-bond acceptors (Lipinski definition) is 7. The Balaban J connectivity index is 1.56. The van der Waals surface area contributed by atoms with Gasteiger partial charge in [0.2, 0.25) is 0 Å². The summed E-state index contributed by atoms with van der Waals surface area (Å²) < 4.78 is 18.6. The van der Waals surface area contributed by atoms with Crippen LogP contribution in [-0.4, -0.2) is 66.9 Å². The third-order valence-electron chi connectivity index (χ3n) is 7.33. The van der Waals surface area contributed by atoms with Crippen molar-refractivity contribution in [1.29, 1.82) is 0 Å². The van der Waals surface area contributed by atoms with Crippen LogP contribution < -0.4 is 10.6 Å². The molecular formula is C34H49N3O7Si. The standard InChI is InChI=1S/C34H49N3O7Si/c1-45(2,3)19-18-42-26-37-20-29(14-16-31(22-38)35-33(40)43-24-27-10-6-4-7-11-27)30(21-37)15-17-32(23-39)36-34(41)44-25-28-12-8-5-9-13-28/h4-13,20-21,31-32,38-39H,14-19,22-26H2,1-3H3,(H,35,40)(H,36,41)/t31-,32-/m1/s1. The number of benzene rings is 2. The van der Waals surface area contributed by atoms with E-state index >= 15 is 0 Å². The van der Waals surface area contributed by atoms with Gasteiger partial charge in [-0.15, -0.1) is 0 Å². The molecule has 11 heteroatoms. The van der Waals surface area contributed by atoms with Gasteiger partial charge in [0, 0.05) is 27.1 Å². The van der Waals surface area contributed by atoms with Crippen molar-refractivity contribution in [1.82, 2.24) is 15.2 Å². The predicted octanol–water partition coefficient (Wildman–Crippen LogP) is 5.24. The molecule has 10 nitrogen and oxygen atoms in total. The van der Waals surface area contributed by atoms with E-state index in [1.165, 1.54) is 0 Å². The Morgan fingerprint density at radius 2 is 1.20 bits per heavy atom. The Labute approximate surface area is 267 Å². The monoisotopic (exact) mass is 639 g/mol. The molecule has 4 N–H and O–H groups in total. The molecule has 2 aromatic carbocycles. The number of amides is 2. The van der Waals surface area contributed by atoms with Crippen LogP contribution in [0.4, 0.5) is 9.59 Å². The minimum Gasteiger partial charge on any atom is -0.445 e. The van der Waals surface area contributed by atoms with Gasteiger partial charge in [0.1, 0.15) is 19.9 Å². The summed E-state index contributed by atoms with van der Waals surface area (Å²) in [5.41, 5.74) is 3.85. The van der Waals surface area contributed by atoms with Gasteiger partial charge in [-0.05, 0) is 54.0 Å². The molecule has 0 unspecified atom stereocenters. The van der Waals surface area contributed by atoms with E-state index in [1.54, 1.807) is 0 Å². The maximum absolute atomic E-state index is 12.4. The van der Waals surface area contributed by atoms with Crippen molar-refractivity contribution in [2.45, 2.75) is 83.4 Å². The highest BCUT2D eigenvalue weighted by molar-refractivity contribution is 6.76. The van der Waals surface area contributed by atoms with E-state index in [4.69, 9.17) is 14.2 Å². The molecular weight excluding hydrogens is 590 g/mol. The van der Waals surface area contributed by atoms with Gasteiger partial charge in [-0.3, -0.25) is 0 Å². The fraction of sp³-hybridized carbons (Fsp3) is 0.471. The van der Waals surface area contributed by atoms with Crippen LogP contribution in [0.25, 0.3) is 0 Å². The van der Waals surface area contributed by atoms with Gasteiger partial charge < -0.3 is 39.6 Å². The van der Waals surface area contributed by atoms with E-state index < -0.39 is 32.3 Å². The molecule has 0 saturated carbocycles. The van der Waals surface area contributed by atoms with E-state index in [0.717, 1.165) is 28.3 Å². The molecule has 0 radical (unpaired) electrons. The fourth-order valence-corrected chi connectivity index (χ4v) is 5.37. The number of carbonyl (C=O) groups excluding carboxylic acids is 2. The van der Waals surface area contributed by atoms with Crippen molar-refractivity contribution in [3.8, 4) is 0 Å². The zero-order valence-electron chi connectivity index (χ0n) is 26.7. The molecule has 2 atom stereocenters. The quantitative estimate of drug-likeness (QED) is 0.104. The summed E-state index contributed by atoms with van der Waals surface area (Å²) in [6, 6.07) is 18.9. The van der Waals surface area contributed by atoms with Crippen LogP contribution in [0.15, 0.2) is 73.1 Å². The normalized spacial score (nSPS) is 12.7. The number of aromatic nitrogens is 1. The maximum Gasteiger partial charge on any atom is 0.407 e. The number of aryl methyl sites for hydroxylation is 2. The molecule has 0 aliphatic heterocycles. The van der Waals surface area contributed by atoms with Crippen molar-refractivity contribution in [2.24, 2.45) is 0 Å². The second-order valence-corrected chi connectivity index (χ2v) is 18.0. The lowest BCUT2D eigenvalue weighted by Crippen LogP contribution is -2.38. The molecule has 3 rings (SSSR count). The smallest absolute Gasteiger partial charge is 0.407 e. The van der Waals surface area contributed by atoms with E-state index in [1.807, 2.05) is 77.6 Å². The van der Waals surface area contributed by atoms with Crippen LogP contribution in [0.3, 0.4) is 0 Å². The summed E-state index contributed by atoms with van der Waals surface area (Å²) in [4.78, 5) is 24.8. The van der Waals surface area contributed by atoms with Crippen molar-refractivity contribution in [2.75, 3.05) is 19.8 Å². The van der Waals surface area contributed by atoms with E-state index in [-0.39, 0.29) is 26.4 Å². The van der Waals surface area contributed by atoms with Crippen molar-refractivity contribution in [3.63, 3.8) is 0 Å². The Kier molecular flexibility index (Phi) is 15.1. The second kappa shape index (κ2) is 19.0. The van der Waals surface area contributed by atoms with Crippen LogP contribution >= 0.6 is 0 Å². The summed E-state index contributed by atoms with van der Waals surface area (Å²) in [6.45, 7) is 7.90. The predicted molar refractivity (Wildman–Crippen MR) is 176 cm³/mol. The molecule has 0 saturated heterocycles. The van der Waals surface area contributed by atoms with Gasteiger partial charge >= 0.3 is 12.2 Å². The highest BCUT2D eigenvalue weighted by Gasteiger charge is 2.18. The molecule has 0 fully saturated rings. The van der Waals surface area contributed by atoms with Crippen LogP contribution in [-0.2, 0) is 47.0 Å². The zero-order chi connectivity index (χ0) is 32.5. The molecule has 1 aromatic heterocycles. The van der Waals surface area contributed by atoms with E-state index in [2.05, 4.69) is 30.3 Å². The molecule has 3 aromatic rings. The van der Waals surface area contributed by atoms with Gasteiger partial charge in [-0.25, -0.2) is 9.59 Å². The van der Waals surface area contributed by atoms with Crippen molar-refractivity contribution >= 4 is 20.3 Å². The summed E-state index contributed by atoms with van der Waals surface area (Å²) >= 11 is 0. The number of nitrogens with zero attached hydrogens (tertiary/aromatic N) is 1. The molecule has 45 heavy (non-hydrogen) atoms.